The summed E-state index contributed by atoms with van der Waals surface area (Å²) in [6, 6.07) is 15.5. The van der Waals surface area contributed by atoms with Gasteiger partial charge in [-0.2, -0.15) is 5.10 Å². The van der Waals surface area contributed by atoms with Gasteiger partial charge in [0.15, 0.2) is 18.1 Å². The molecule has 0 radical (unpaired) electrons. The molecule has 0 atom stereocenters. The zero-order valence-corrected chi connectivity index (χ0v) is 24.1. The van der Waals surface area contributed by atoms with Crippen LogP contribution >= 0.6 is 11.6 Å². The Morgan fingerprint density at radius 2 is 1.71 bits per heavy atom. The van der Waals surface area contributed by atoms with E-state index < -0.39 is 11.8 Å². The first-order chi connectivity index (χ1) is 19.7. The normalized spacial score (nSPS) is 10.7. The Morgan fingerprint density at radius 1 is 0.951 bits per heavy atom. The molecular weight excluding hydrogens is 548 g/mol. The summed E-state index contributed by atoms with van der Waals surface area (Å²) in [4.78, 5) is 36.8. The number of anilines is 2. The number of hydrazone groups is 1. The van der Waals surface area contributed by atoms with E-state index in [1.165, 1.54) is 19.4 Å². The molecule has 0 fully saturated rings. The molecule has 0 spiro atoms. The van der Waals surface area contributed by atoms with Gasteiger partial charge >= 0.3 is 11.8 Å². The van der Waals surface area contributed by atoms with Crippen molar-refractivity contribution in [2.24, 2.45) is 5.10 Å². The van der Waals surface area contributed by atoms with E-state index >= 15 is 0 Å². The summed E-state index contributed by atoms with van der Waals surface area (Å²) < 4.78 is 16.6. The number of halogens is 1. The first kappa shape index (κ1) is 31.0. The van der Waals surface area contributed by atoms with Crippen molar-refractivity contribution in [3.8, 4) is 17.2 Å². The van der Waals surface area contributed by atoms with Crippen LogP contribution in [0.4, 0.5) is 11.4 Å². The minimum atomic E-state index is -0.961. The molecule has 0 saturated heterocycles. The number of benzene rings is 3. The fourth-order valence-corrected chi connectivity index (χ4v) is 3.88. The highest BCUT2D eigenvalue weighted by Crippen LogP contribution is 2.36. The molecular formula is C30H33ClN4O6. The second kappa shape index (κ2) is 15.3. The van der Waals surface area contributed by atoms with Crippen molar-refractivity contribution in [1.29, 1.82) is 0 Å². The molecule has 0 unspecified atom stereocenters. The van der Waals surface area contributed by atoms with Gasteiger partial charge in [-0.3, -0.25) is 14.4 Å². The number of amides is 3. The molecule has 41 heavy (non-hydrogen) atoms. The zero-order chi connectivity index (χ0) is 29.8. The maximum Gasteiger partial charge on any atom is 0.329 e. The molecule has 3 aromatic rings. The van der Waals surface area contributed by atoms with Crippen molar-refractivity contribution in [3.63, 3.8) is 0 Å². The molecule has 216 valence electrons. The number of unbranched alkanes of at least 4 members (excludes halogenated alkanes) is 1. The van der Waals surface area contributed by atoms with E-state index in [0.717, 1.165) is 24.0 Å². The van der Waals surface area contributed by atoms with Gasteiger partial charge in [-0.05, 0) is 73.9 Å². The lowest BCUT2D eigenvalue weighted by atomic mass is 10.1. The van der Waals surface area contributed by atoms with Crippen LogP contribution in [0.1, 0.15) is 36.5 Å². The number of hydrogen-bond donors (Lipinski definition) is 3. The molecule has 0 aliphatic rings. The maximum atomic E-state index is 12.4. The van der Waals surface area contributed by atoms with Gasteiger partial charge in [-0.25, -0.2) is 5.43 Å². The molecule has 3 N–H and O–H groups in total. The lowest BCUT2D eigenvalue weighted by molar-refractivity contribution is -0.136. The predicted octanol–water partition coefficient (Wildman–Crippen LogP) is 5.25. The number of ether oxygens (including phenoxy) is 3. The first-order valence-corrected chi connectivity index (χ1v) is 13.3. The quantitative estimate of drug-likeness (QED) is 0.116. The highest BCUT2D eigenvalue weighted by atomic mass is 35.5. The Morgan fingerprint density at radius 3 is 2.39 bits per heavy atom. The fraction of sp³-hybridized carbons (Fsp3) is 0.267. The van der Waals surface area contributed by atoms with Crippen LogP contribution in [-0.2, 0) is 14.4 Å². The second-order valence-electron chi connectivity index (χ2n) is 9.07. The summed E-state index contributed by atoms with van der Waals surface area (Å²) in [5.74, 6) is -1.11. The first-order valence-electron chi connectivity index (χ1n) is 12.9. The highest BCUT2D eigenvalue weighted by Gasteiger charge is 2.15. The number of nitrogens with zero attached hydrogens (tertiary/aromatic N) is 1. The third-order valence-electron chi connectivity index (χ3n) is 5.72. The molecule has 0 bridgehead atoms. The van der Waals surface area contributed by atoms with Gasteiger partial charge in [0, 0.05) is 11.4 Å². The number of aryl methyl sites for hydroxylation is 2. The fourth-order valence-electron chi connectivity index (χ4n) is 3.61. The zero-order valence-electron chi connectivity index (χ0n) is 23.4. The van der Waals surface area contributed by atoms with Crippen LogP contribution in [0.3, 0.4) is 0 Å². The van der Waals surface area contributed by atoms with Crippen molar-refractivity contribution < 1.29 is 28.6 Å². The van der Waals surface area contributed by atoms with Crippen LogP contribution in [0, 0.1) is 13.8 Å². The van der Waals surface area contributed by atoms with Crippen molar-refractivity contribution >= 4 is 46.9 Å². The molecule has 10 nitrogen and oxygen atoms in total. The van der Waals surface area contributed by atoms with Gasteiger partial charge in [0.25, 0.3) is 5.91 Å². The van der Waals surface area contributed by atoms with Crippen molar-refractivity contribution in [2.45, 2.75) is 33.6 Å². The van der Waals surface area contributed by atoms with Crippen molar-refractivity contribution in [3.05, 3.63) is 76.3 Å². The summed E-state index contributed by atoms with van der Waals surface area (Å²) >= 11 is 6.37. The summed E-state index contributed by atoms with van der Waals surface area (Å²) in [5, 5.41) is 9.28. The van der Waals surface area contributed by atoms with Crippen molar-refractivity contribution in [2.75, 3.05) is 31.0 Å². The van der Waals surface area contributed by atoms with E-state index in [1.54, 1.807) is 30.3 Å². The van der Waals surface area contributed by atoms with E-state index in [4.69, 9.17) is 25.8 Å². The number of carbonyl (C=O) groups is 3. The predicted molar refractivity (Wildman–Crippen MR) is 159 cm³/mol. The van der Waals surface area contributed by atoms with E-state index in [2.05, 4.69) is 28.1 Å². The largest absolute Gasteiger partial charge is 0.494 e. The number of methoxy groups -OCH3 is 1. The Bertz CT molecular complexity index is 1410. The molecule has 3 aromatic carbocycles. The van der Waals surface area contributed by atoms with Crippen LogP contribution in [0.2, 0.25) is 5.02 Å². The van der Waals surface area contributed by atoms with Crippen LogP contribution in [0.25, 0.3) is 0 Å². The van der Waals surface area contributed by atoms with Crippen LogP contribution < -0.4 is 30.3 Å². The number of hydrogen-bond acceptors (Lipinski definition) is 7. The SMILES string of the molecule is CCCCOc1ccc(NC(=O)C(=O)N/N=C\c2cc(Cl)c(OCC(=O)Nc3ccc(C)cc3C)c(OC)c2)cc1. The monoisotopic (exact) mass is 580 g/mol. The topological polar surface area (TPSA) is 127 Å². The maximum absolute atomic E-state index is 12.4. The van der Waals surface area contributed by atoms with Gasteiger partial charge in [-0.15, -0.1) is 0 Å². The Kier molecular flexibility index (Phi) is 11.5. The van der Waals surface area contributed by atoms with E-state index in [0.29, 0.717) is 29.3 Å². The number of nitrogens with one attached hydrogen (secondary N) is 3. The summed E-state index contributed by atoms with van der Waals surface area (Å²) in [7, 11) is 1.42. The van der Waals surface area contributed by atoms with Gasteiger partial charge in [0.2, 0.25) is 0 Å². The number of rotatable bonds is 12. The third-order valence-corrected chi connectivity index (χ3v) is 6.00. The Labute approximate surface area is 244 Å². The second-order valence-corrected chi connectivity index (χ2v) is 9.48. The molecule has 0 aromatic heterocycles. The molecule has 0 saturated carbocycles. The summed E-state index contributed by atoms with van der Waals surface area (Å²) in [6.07, 6.45) is 3.27. The van der Waals surface area contributed by atoms with E-state index in [1.807, 2.05) is 32.0 Å². The van der Waals surface area contributed by atoms with Crippen LogP contribution in [0.15, 0.2) is 59.7 Å². The molecule has 0 aliphatic heterocycles. The van der Waals surface area contributed by atoms with Gasteiger partial charge in [0.05, 0.1) is 25.0 Å². The van der Waals surface area contributed by atoms with Crippen LogP contribution in [0.5, 0.6) is 17.2 Å². The minimum absolute atomic E-state index is 0.163. The smallest absolute Gasteiger partial charge is 0.329 e. The third kappa shape index (κ3) is 9.54. The lowest BCUT2D eigenvalue weighted by Crippen LogP contribution is -2.32. The number of carbonyl (C=O) groups excluding carboxylic acids is 3. The standard InChI is InChI=1S/C30H33ClN4O6/c1-5-6-13-40-23-10-8-22(9-11-23)33-29(37)30(38)35-32-17-21-15-24(31)28(26(16-21)39-4)41-18-27(36)34-25-12-7-19(2)14-20(25)3/h7-12,14-17H,5-6,13,18H2,1-4H3,(H,33,37)(H,34,36)(H,35,38)/b32-17-. The summed E-state index contributed by atoms with van der Waals surface area (Å²) in [5.41, 5.74) is 5.77. The van der Waals surface area contributed by atoms with E-state index in [9.17, 15) is 14.4 Å². The average molecular weight is 581 g/mol. The molecule has 0 aliphatic carbocycles. The molecule has 3 amide bonds. The van der Waals surface area contributed by atoms with Crippen LogP contribution in [-0.4, -0.2) is 44.3 Å². The molecule has 11 heteroatoms. The average Bonchev–Trinajstić information content (AvgIpc) is 2.94. The van der Waals surface area contributed by atoms with Gasteiger partial charge < -0.3 is 24.8 Å². The minimum Gasteiger partial charge on any atom is -0.494 e. The van der Waals surface area contributed by atoms with Gasteiger partial charge in [-0.1, -0.05) is 42.6 Å². The summed E-state index contributed by atoms with van der Waals surface area (Å²) in [6.45, 7) is 6.27. The highest BCUT2D eigenvalue weighted by molar-refractivity contribution is 6.39. The Balaban J connectivity index is 1.53. The Hall–Kier alpha value is -4.57. The van der Waals surface area contributed by atoms with Crippen molar-refractivity contribution in [1.82, 2.24) is 5.43 Å². The molecule has 0 heterocycles. The van der Waals surface area contributed by atoms with E-state index in [-0.39, 0.29) is 29.0 Å². The lowest BCUT2D eigenvalue weighted by Gasteiger charge is -2.14. The van der Waals surface area contributed by atoms with Gasteiger partial charge in [0.1, 0.15) is 5.75 Å². The molecule has 3 rings (SSSR count).